The van der Waals surface area contributed by atoms with Gasteiger partial charge in [0.15, 0.2) is 17.0 Å². The first kappa shape index (κ1) is 21.9. The Bertz CT molecular complexity index is 1550. The van der Waals surface area contributed by atoms with Gasteiger partial charge in [-0.15, -0.1) is 0 Å². The van der Waals surface area contributed by atoms with Gasteiger partial charge in [0.25, 0.3) is 0 Å². The van der Waals surface area contributed by atoms with Crippen LogP contribution < -0.4 is 10.3 Å². The van der Waals surface area contributed by atoms with E-state index in [9.17, 15) is 4.79 Å². The zero-order valence-electron chi connectivity index (χ0n) is 19.3. The molecule has 11 heteroatoms. The van der Waals surface area contributed by atoms with Gasteiger partial charge < -0.3 is 19.2 Å². The highest BCUT2D eigenvalue weighted by Crippen LogP contribution is 2.24. The Morgan fingerprint density at radius 1 is 1.11 bits per heavy atom. The summed E-state index contributed by atoms with van der Waals surface area (Å²) in [5, 5.41) is 5.51. The number of H-pyrrole nitrogens is 1. The van der Waals surface area contributed by atoms with Gasteiger partial charge in [-0.3, -0.25) is 15.2 Å². The number of Topliss-reactive ketones (excluding diaryl/α,β-unsaturated/α-hetero) is 1. The largest absolute Gasteiger partial charge is 0.378 e. The standard InChI is InChI=1S/C25H23N9O2/c35-21(20-7-3-4-8-26-20)15-34-16-28-22-23(30-25(31-24(22)34)33-9-11-36-12-10-33)32-29-14-17-13-27-19-6-2-1-5-18(17)19/h1-8,13-14,16,27H,9-12,15H2,(H,30,31,32)/b29-14+. The van der Waals surface area contributed by atoms with E-state index in [1.54, 1.807) is 41.5 Å². The number of hydrogen-bond donors (Lipinski definition) is 2. The summed E-state index contributed by atoms with van der Waals surface area (Å²) in [7, 11) is 0. The molecule has 5 aromatic rings. The van der Waals surface area contributed by atoms with Crippen LogP contribution in [0.3, 0.4) is 0 Å². The van der Waals surface area contributed by atoms with E-state index in [1.807, 2.05) is 30.5 Å². The molecular formula is C25H23N9O2. The van der Waals surface area contributed by atoms with Gasteiger partial charge in [-0.25, -0.2) is 4.98 Å². The first-order valence-corrected chi connectivity index (χ1v) is 11.6. The second-order valence-corrected chi connectivity index (χ2v) is 8.31. The van der Waals surface area contributed by atoms with Gasteiger partial charge >= 0.3 is 0 Å². The molecule has 0 radical (unpaired) electrons. The molecule has 1 aromatic carbocycles. The van der Waals surface area contributed by atoms with Crippen LogP contribution in [0.25, 0.3) is 22.1 Å². The fourth-order valence-electron chi connectivity index (χ4n) is 4.16. The Morgan fingerprint density at radius 2 is 1.97 bits per heavy atom. The minimum Gasteiger partial charge on any atom is -0.378 e. The molecule has 0 atom stereocenters. The van der Waals surface area contributed by atoms with Crippen molar-refractivity contribution in [3.63, 3.8) is 0 Å². The number of aromatic amines is 1. The van der Waals surface area contributed by atoms with Crippen LogP contribution in [0.5, 0.6) is 0 Å². The molecular weight excluding hydrogens is 458 g/mol. The molecule has 0 unspecified atom stereocenters. The second-order valence-electron chi connectivity index (χ2n) is 8.31. The van der Waals surface area contributed by atoms with E-state index in [4.69, 9.17) is 14.7 Å². The van der Waals surface area contributed by atoms with Gasteiger partial charge in [-0.1, -0.05) is 24.3 Å². The lowest BCUT2D eigenvalue weighted by molar-refractivity contribution is 0.0968. The van der Waals surface area contributed by atoms with Crippen molar-refractivity contribution in [3.05, 3.63) is 72.4 Å². The summed E-state index contributed by atoms with van der Waals surface area (Å²) in [6, 6.07) is 13.3. The predicted molar refractivity (Wildman–Crippen MR) is 136 cm³/mol. The average Bonchev–Trinajstić information content (AvgIpc) is 3.54. The molecule has 0 amide bonds. The third kappa shape index (κ3) is 4.27. The first-order chi connectivity index (χ1) is 17.8. The molecule has 0 bridgehead atoms. The van der Waals surface area contributed by atoms with Crippen molar-refractivity contribution >= 4 is 45.8 Å². The van der Waals surface area contributed by atoms with Crippen LogP contribution in [0.2, 0.25) is 0 Å². The molecule has 1 fully saturated rings. The number of nitrogens with one attached hydrogen (secondary N) is 2. The van der Waals surface area contributed by atoms with Gasteiger partial charge in [-0.2, -0.15) is 15.1 Å². The fraction of sp³-hybridized carbons (Fsp3) is 0.200. The number of carbonyl (C=O) groups excluding carboxylic acids is 1. The number of imidazole rings is 1. The summed E-state index contributed by atoms with van der Waals surface area (Å²) in [6.07, 6.45) is 6.84. The number of fused-ring (bicyclic) bond motifs is 2. The predicted octanol–water partition coefficient (Wildman–Crippen LogP) is 2.87. The molecule has 2 N–H and O–H groups in total. The van der Waals surface area contributed by atoms with Crippen molar-refractivity contribution in [2.24, 2.45) is 5.10 Å². The summed E-state index contributed by atoms with van der Waals surface area (Å²) in [5.74, 6) is 0.859. The minimum absolute atomic E-state index is 0.0606. The molecule has 1 aliphatic rings. The highest BCUT2D eigenvalue weighted by atomic mass is 16.5. The van der Waals surface area contributed by atoms with E-state index in [0.717, 1.165) is 16.5 Å². The maximum absolute atomic E-state index is 12.8. The number of aromatic nitrogens is 6. The number of hydrazone groups is 1. The summed E-state index contributed by atoms with van der Waals surface area (Å²) in [5.41, 5.74) is 6.48. The molecule has 0 spiro atoms. The number of ether oxygens (including phenoxy) is 1. The van der Waals surface area contributed by atoms with Crippen LogP contribution in [0.1, 0.15) is 16.1 Å². The lowest BCUT2D eigenvalue weighted by Gasteiger charge is -2.27. The second kappa shape index (κ2) is 9.55. The van der Waals surface area contributed by atoms with E-state index in [1.165, 1.54) is 0 Å². The van der Waals surface area contributed by atoms with E-state index >= 15 is 0 Å². The maximum atomic E-state index is 12.8. The Morgan fingerprint density at radius 3 is 2.83 bits per heavy atom. The number of nitrogens with zero attached hydrogens (tertiary/aromatic N) is 7. The maximum Gasteiger partial charge on any atom is 0.229 e. The SMILES string of the molecule is O=C(Cn1cnc2c(N/N=C/c3c[nH]c4ccccc34)nc(N3CCOCC3)nc21)c1ccccn1. The molecule has 180 valence electrons. The summed E-state index contributed by atoms with van der Waals surface area (Å²) >= 11 is 0. The number of hydrogen-bond acceptors (Lipinski definition) is 9. The van der Waals surface area contributed by atoms with Crippen LogP contribution >= 0.6 is 0 Å². The quantitative estimate of drug-likeness (QED) is 0.206. The summed E-state index contributed by atoms with van der Waals surface area (Å²) in [6.45, 7) is 2.60. The van der Waals surface area contributed by atoms with E-state index in [-0.39, 0.29) is 12.3 Å². The molecule has 1 saturated heterocycles. The highest BCUT2D eigenvalue weighted by molar-refractivity contribution is 5.99. The van der Waals surface area contributed by atoms with Crippen molar-refractivity contribution in [2.45, 2.75) is 6.54 Å². The minimum atomic E-state index is -0.131. The van der Waals surface area contributed by atoms with Gasteiger partial charge in [0, 0.05) is 41.9 Å². The smallest absolute Gasteiger partial charge is 0.229 e. The number of benzene rings is 1. The van der Waals surface area contributed by atoms with Crippen LogP contribution in [-0.4, -0.2) is 67.8 Å². The molecule has 6 rings (SSSR count). The number of para-hydroxylation sites is 1. The Labute approximate surface area is 205 Å². The van der Waals surface area contributed by atoms with Crippen molar-refractivity contribution in [3.8, 4) is 0 Å². The normalized spacial score (nSPS) is 14.2. The zero-order valence-corrected chi connectivity index (χ0v) is 19.3. The Hall–Kier alpha value is -4.64. The zero-order chi connectivity index (χ0) is 24.3. The average molecular weight is 482 g/mol. The van der Waals surface area contributed by atoms with Crippen LogP contribution in [0.4, 0.5) is 11.8 Å². The lowest BCUT2D eigenvalue weighted by atomic mass is 10.2. The van der Waals surface area contributed by atoms with Gasteiger partial charge in [0.2, 0.25) is 11.7 Å². The Kier molecular flexibility index (Phi) is 5.80. The summed E-state index contributed by atoms with van der Waals surface area (Å²) in [4.78, 5) is 36.2. The van der Waals surface area contributed by atoms with Gasteiger partial charge in [0.1, 0.15) is 5.69 Å². The fourth-order valence-corrected chi connectivity index (χ4v) is 4.16. The van der Waals surface area contributed by atoms with E-state index in [2.05, 4.69) is 30.4 Å². The number of rotatable bonds is 7. The monoisotopic (exact) mass is 481 g/mol. The number of ketones is 1. The van der Waals surface area contributed by atoms with Crippen LogP contribution in [-0.2, 0) is 11.3 Å². The molecule has 4 aromatic heterocycles. The summed E-state index contributed by atoms with van der Waals surface area (Å²) < 4.78 is 7.20. The van der Waals surface area contributed by atoms with Crippen molar-refractivity contribution in [1.29, 1.82) is 0 Å². The van der Waals surface area contributed by atoms with Crippen LogP contribution in [0, 0.1) is 0 Å². The van der Waals surface area contributed by atoms with Gasteiger partial charge in [0.05, 0.1) is 32.3 Å². The van der Waals surface area contributed by atoms with E-state index in [0.29, 0.717) is 54.9 Å². The first-order valence-electron chi connectivity index (χ1n) is 11.6. The third-order valence-corrected chi connectivity index (χ3v) is 6.01. The molecule has 36 heavy (non-hydrogen) atoms. The number of pyridine rings is 1. The molecule has 0 saturated carbocycles. The number of morpholine rings is 1. The lowest BCUT2D eigenvalue weighted by Crippen LogP contribution is -2.37. The van der Waals surface area contributed by atoms with E-state index < -0.39 is 0 Å². The van der Waals surface area contributed by atoms with Crippen molar-refractivity contribution < 1.29 is 9.53 Å². The number of carbonyl (C=O) groups is 1. The third-order valence-electron chi connectivity index (χ3n) is 6.01. The highest BCUT2D eigenvalue weighted by Gasteiger charge is 2.20. The van der Waals surface area contributed by atoms with Crippen LogP contribution in [0.15, 0.2) is 66.3 Å². The number of anilines is 2. The Balaban J connectivity index is 1.34. The van der Waals surface area contributed by atoms with Crippen molar-refractivity contribution in [1.82, 2.24) is 29.5 Å². The molecule has 5 heterocycles. The molecule has 1 aliphatic heterocycles. The van der Waals surface area contributed by atoms with Gasteiger partial charge in [-0.05, 0) is 18.2 Å². The topological polar surface area (TPSA) is 126 Å². The molecule has 11 nitrogen and oxygen atoms in total. The molecule has 0 aliphatic carbocycles. The van der Waals surface area contributed by atoms with Crippen molar-refractivity contribution in [2.75, 3.05) is 36.6 Å².